The number of hydrogen-bond acceptors (Lipinski definition) is 6. The fraction of sp³-hybridized carbons (Fsp3) is 0.522. The Balaban J connectivity index is 0.000000509. The van der Waals surface area contributed by atoms with Crippen molar-refractivity contribution < 1.29 is 33.0 Å². The van der Waals surface area contributed by atoms with Crippen LogP contribution in [-0.2, 0) is 22.4 Å². The highest BCUT2D eigenvalue weighted by atomic mass is 19.4. The van der Waals surface area contributed by atoms with Crippen LogP contribution in [0.4, 0.5) is 19.0 Å². The lowest BCUT2D eigenvalue weighted by Gasteiger charge is -2.17. The number of aliphatic carboxylic acids is 2. The molecule has 0 aliphatic carbocycles. The minimum atomic E-state index is -5.08. The summed E-state index contributed by atoms with van der Waals surface area (Å²) < 4.78 is 31.7. The summed E-state index contributed by atoms with van der Waals surface area (Å²) in [4.78, 5) is 32.8. The third kappa shape index (κ3) is 9.72. The molecular weight excluding hydrogens is 453 g/mol. The third-order valence-electron chi connectivity index (χ3n) is 5.40. The molecule has 0 radical (unpaired) electrons. The smallest absolute Gasteiger partial charge is 0.481 e. The molecule has 3 N–H and O–H groups in total. The summed E-state index contributed by atoms with van der Waals surface area (Å²) in [6.45, 7) is 1.02. The first-order valence-electron chi connectivity index (χ1n) is 11.2. The molecule has 0 saturated heterocycles. The number of halogens is 3. The van der Waals surface area contributed by atoms with Gasteiger partial charge >= 0.3 is 18.1 Å². The van der Waals surface area contributed by atoms with Gasteiger partial charge in [-0.3, -0.25) is 4.79 Å². The number of pyridine rings is 1. The van der Waals surface area contributed by atoms with E-state index in [4.69, 9.17) is 20.0 Å². The van der Waals surface area contributed by atoms with Gasteiger partial charge in [0.2, 0.25) is 0 Å². The molecule has 11 heteroatoms. The highest BCUT2D eigenvalue weighted by molar-refractivity contribution is 5.73. The first-order valence-corrected chi connectivity index (χ1v) is 11.2. The number of carboxylic acids is 2. The summed E-state index contributed by atoms with van der Waals surface area (Å²) in [6, 6.07) is 4.37. The van der Waals surface area contributed by atoms with Gasteiger partial charge in [-0.05, 0) is 55.2 Å². The molecule has 0 unspecified atom stereocenters. The zero-order valence-corrected chi connectivity index (χ0v) is 18.7. The molecule has 34 heavy (non-hydrogen) atoms. The topological polar surface area (TPSA) is 125 Å². The Kier molecular flexibility index (Phi) is 10.7. The number of aryl methyl sites for hydroxylation is 2. The molecule has 0 amide bonds. The van der Waals surface area contributed by atoms with E-state index in [1.165, 1.54) is 18.3 Å². The van der Waals surface area contributed by atoms with Gasteiger partial charge in [0, 0.05) is 24.6 Å². The molecule has 2 aromatic rings. The number of alkyl halides is 3. The van der Waals surface area contributed by atoms with Gasteiger partial charge in [0.1, 0.15) is 12.1 Å². The Morgan fingerprint density at radius 3 is 2.38 bits per heavy atom. The summed E-state index contributed by atoms with van der Waals surface area (Å²) in [6.07, 6.45) is 8.55. The third-order valence-corrected chi connectivity index (χ3v) is 5.40. The zero-order valence-electron chi connectivity index (χ0n) is 18.7. The van der Waals surface area contributed by atoms with E-state index in [0.717, 1.165) is 68.6 Å². The van der Waals surface area contributed by atoms with Crippen molar-refractivity contribution in [2.24, 2.45) is 0 Å². The first-order chi connectivity index (χ1) is 16.2. The number of carbonyl (C=O) groups is 2. The second kappa shape index (κ2) is 13.5. The molecule has 0 spiro atoms. The van der Waals surface area contributed by atoms with Crippen molar-refractivity contribution in [3.8, 4) is 0 Å². The Bertz CT molecular complexity index is 926. The molecule has 1 aliphatic heterocycles. The van der Waals surface area contributed by atoms with Crippen LogP contribution in [0, 0.1) is 0 Å². The van der Waals surface area contributed by atoms with Crippen molar-refractivity contribution >= 4 is 17.8 Å². The zero-order chi connectivity index (χ0) is 25.0. The Morgan fingerprint density at radius 2 is 1.74 bits per heavy atom. The van der Waals surface area contributed by atoms with Gasteiger partial charge in [-0.1, -0.05) is 25.3 Å². The quantitative estimate of drug-likeness (QED) is 0.419. The average molecular weight is 483 g/mol. The van der Waals surface area contributed by atoms with Crippen molar-refractivity contribution in [3.63, 3.8) is 0 Å². The van der Waals surface area contributed by atoms with Crippen LogP contribution in [0.2, 0.25) is 0 Å². The van der Waals surface area contributed by atoms with E-state index in [9.17, 15) is 18.0 Å². The van der Waals surface area contributed by atoms with E-state index in [2.05, 4.69) is 27.4 Å². The number of fused-ring (bicyclic) bond motifs is 1. The molecule has 0 aromatic carbocycles. The highest BCUT2D eigenvalue weighted by Gasteiger charge is 2.38. The molecule has 0 fully saturated rings. The SMILES string of the molecule is O=C(O)C(F)(F)F.O=C(O)C[C@@H](CCCCCCc1ccc2c(n1)NCCC2)c1cncnc1. The van der Waals surface area contributed by atoms with Gasteiger partial charge in [0.25, 0.3) is 0 Å². The fourth-order valence-electron chi connectivity index (χ4n) is 3.68. The second-order valence-electron chi connectivity index (χ2n) is 8.06. The largest absolute Gasteiger partial charge is 0.490 e. The molecule has 186 valence electrons. The fourth-order valence-corrected chi connectivity index (χ4v) is 3.68. The average Bonchev–Trinajstić information content (AvgIpc) is 2.80. The van der Waals surface area contributed by atoms with Crippen molar-refractivity contribution in [3.05, 3.63) is 47.7 Å². The van der Waals surface area contributed by atoms with Crippen LogP contribution < -0.4 is 5.32 Å². The minimum absolute atomic E-state index is 0.00270. The summed E-state index contributed by atoms with van der Waals surface area (Å²) in [5.41, 5.74) is 3.42. The van der Waals surface area contributed by atoms with Crippen LogP contribution >= 0.6 is 0 Å². The number of unbranched alkanes of at least 4 members (excludes halogenated alkanes) is 3. The lowest BCUT2D eigenvalue weighted by atomic mass is 9.92. The van der Waals surface area contributed by atoms with Gasteiger partial charge in [-0.2, -0.15) is 13.2 Å². The predicted molar refractivity (Wildman–Crippen MR) is 119 cm³/mol. The molecule has 0 saturated carbocycles. The van der Waals surface area contributed by atoms with Crippen molar-refractivity contribution in [1.29, 1.82) is 0 Å². The van der Waals surface area contributed by atoms with Crippen molar-refractivity contribution in [2.75, 3.05) is 11.9 Å². The monoisotopic (exact) mass is 482 g/mol. The van der Waals surface area contributed by atoms with Crippen LogP contribution in [0.5, 0.6) is 0 Å². The lowest BCUT2D eigenvalue weighted by Crippen LogP contribution is -2.21. The summed E-state index contributed by atoms with van der Waals surface area (Å²) in [7, 11) is 0. The van der Waals surface area contributed by atoms with Crippen LogP contribution in [0.3, 0.4) is 0 Å². The van der Waals surface area contributed by atoms with E-state index in [-0.39, 0.29) is 12.3 Å². The molecular formula is C23H29F3N4O4. The van der Waals surface area contributed by atoms with E-state index < -0.39 is 18.1 Å². The van der Waals surface area contributed by atoms with Gasteiger partial charge in [0.05, 0.1) is 6.42 Å². The van der Waals surface area contributed by atoms with Gasteiger partial charge in [-0.25, -0.2) is 19.7 Å². The van der Waals surface area contributed by atoms with E-state index in [0.29, 0.717) is 0 Å². The van der Waals surface area contributed by atoms with Crippen LogP contribution in [0.15, 0.2) is 30.9 Å². The van der Waals surface area contributed by atoms with Crippen LogP contribution in [0.1, 0.15) is 67.7 Å². The van der Waals surface area contributed by atoms with E-state index in [1.807, 2.05) is 0 Å². The maximum atomic E-state index is 11.1. The molecule has 2 aromatic heterocycles. The second-order valence-corrected chi connectivity index (χ2v) is 8.06. The number of carboxylic acid groups (broad SMARTS) is 2. The van der Waals surface area contributed by atoms with Gasteiger partial charge < -0.3 is 15.5 Å². The number of rotatable bonds is 10. The maximum absolute atomic E-state index is 11.1. The van der Waals surface area contributed by atoms with E-state index >= 15 is 0 Å². The Morgan fingerprint density at radius 1 is 1.06 bits per heavy atom. The van der Waals surface area contributed by atoms with Crippen molar-refractivity contribution in [2.45, 2.75) is 69.9 Å². The summed E-state index contributed by atoms with van der Waals surface area (Å²) >= 11 is 0. The number of nitrogens with zero attached hydrogens (tertiary/aromatic N) is 3. The maximum Gasteiger partial charge on any atom is 0.490 e. The summed E-state index contributed by atoms with van der Waals surface area (Å²) in [5, 5.41) is 19.7. The Hall–Kier alpha value is -3.24. The van der Waals surface area contributed by atoms with Crippen LogP contribution in [-0.4, -0.2) is 49.8 Å². The number of hydrogen-bond donors (Lipinski definition) is 3. The summed E-state index contributed by atoms with van der Waals surface area (Å²) in [5.74, 6) is -2.46. The number of aromatic nitrogens is 3. The molecule has 8 nitrogen and oxygen atoms in total. The highest BCUT2D eigenvalue weighted by Crippen LogP contribution is 2.25. The molecule has 3 rings (SSSR count). The molecule has 0 bridgehead atoms. The van der Waals surface area contributed by atoms with Crippen LogP contribution in [0.25, 0.3) is 0 Å². The first kappa shape index (κ1) is 27.0. The standard InChI is InChI=1S/C21H28N4O2.C2HF3O2/c26-20(27)12-17(18-13-22-15-23-14-18)6-3-1-2-4-8-19-10-9-16-7-5-11-24-21(16)25-19;3-2(4,5)1(6)7/h9-10,13-15,17H,1-8,11-12H2,(H,24,25)(H,26,27);(H,6,7)/t17-;/m1./s1. The van der Waals surface area contributed by atoms with Gasteiger partial charge in [-0.15, -0.1) is 0 Å². The lowest BCUT2D eigenvalue weighted by molar-refractivity contribution is -0.192. The Labute approximate surface area is 195 Å². The van der Waals surface area contributed by atoms with Gasteiger partial charge in [0.15, 0.2) is 0 Å². The molecule has 1 aliphatic rings. The predicted octanol–water partition coefficient (Wildman–Crippen LogP) is 4.61. The van der Waals surface area contributed by atoms with Crippen molar-refractivity contribution in [1.82, 2.24) is 15.0 Å². The van der Waals surface area contributed by atoms with E-state index in [1.54, 1.807) is 12.4 Å². The molecule has 3 heterocycles. The normalized spacial score (nSPS) is 13.6. The minimum Gasteiger partial charge on any atom is -0.481 e. The number of nitrogens with one attached hydrogen (secondary N) is 1. The number of anilines is 1. The molecule has 1 atom stereocenters.